The lowest BCUT2D eigenvalue weighted by Gasteiger charge is -2.28. The van der Waals surface area contributed by atoms with Gasteiger partial charge in [-0.1, -0.05) is 12.1 Å². The van der Waals surface area contributed by atoms with Gasteiger partial charge in [0.2, 0.25) is 6.43 Å². The Labute approximate surface area is 130 Å². The number of nitrogens with one attached hydrogen (secondary N) is 1. The van der Waals surface area contributed by atoms with Gasteiger partial charge in [-0.25, -0.2) is 8.78 Å². The number of ether oxygens (including phenoxy) is 1. The summed E-state index contributed by atoms with van der Waals surface area (Å²) in [7, 11) is 0. The summed E-state index contributed by atoms with van der Waals surface area (Å²) in [6, 6.07) is 4.54. The Morgan fingerprint density at radius 3 is 2.36 bits per heavy atom. The fraction of sp³-hybridized carbons (Fsp3) is 0.571. The lowest BCUT2D eigenvalue weighted by Crippen LogP contribution is -2.41. The van der Waals surface area contributed by atoms with Gasteiger partial charge < -0.3 is 9.29 Å². The smallest absolute Gasteiger partial charge is 0.387 e. The Hall–Kier alpha value is -0.990. The van der Waals surface area contributed by atoms with Gasteiger partial charge in [0.05, 0.1) is 6.04 Å². The number of alkyl halides is 4. The van der Waals surface area contributed by atoms with Crippen LogP contribution < -0.4 is 9.46 Å². The van der Waals surface area contributed by atoms with Crippen molar-refractivity contribution in [3.05, 3.63) is 29.8 Å². The average molecular weight is 341 g/mol. The van der Waals surface area contributed by atoms with Gasteiger partial charge in [-0.3, -0.25) is 0 Å². The highest BCUT2D eigenvalue weighted by Gasteiger charge is 2.31. The minimum atomic E-state index is -3.00. The fourth-order valence-electron chi connectivity index (χ4n) is 1.64. The van der Waals surface area contributed by atoms with Crippen molar-refractivity contribution in [2.75, 3.05) is 0 Å². The van der Waals surface area contributed by atoms with Crippen LogP contribution in [0, 0.1) is 0 Å². The summed E-state index contributed by atoms with van der Waals surface area (Å²) in [5, 5.41) is 0. The molecule has 0 amide bonds. The maximum Gasteiger partial charge on any atom is 0.387 e. The van der Waals surface area contributed by atoms with Gasteiger partial charge in [-0.05, 0) is 38.5 Å². The summed E-state index contributed by atoms with van der Waals surface area (Å²) in [5.74, 6) is -0.130. The summed E-state index contributed by atoms with van der Waals surface area (Å²) in [6.07, 6.45) is -3.21. The molecule has 1 unspecified atom stereocenters. The third-order valence-electron chi connectivity index (χ3n) is 2.70. The van der Waals surface area contributed by atoms with Crippen molar-refractivity contribution in [1.29, 1.82) is 0 Å². The molecule has 1 aromatic rings. The summed E-state index contributed by atoms with van der Waals surface area (Å²) in [4.78, 5) is 0. The van der Waals surface area contributed by atoms with Crippen LogP contribution in [-0.2, 0) is 11.4 Å². The molecule has 1 N–H and O–H groups in total. The molecule has 0 fully saturated rings. The third kappa shape index (κ3) is 6.41. The summed E-state index contributed by atoms with van der Waals surface area (Å²) < 4.78 is 68.3. The van der Waals surface area contributed by atoms with E-state index in [9.17, 15) is 22.1 Å². The average Bonchev–Trinajstić information content (AvgIpc) is 2.35. The summed E-state index contributed by atoms with van der Waals surface area (Å²) in [5.41, 5.74) is 0.316. The van der Waals surface area contributed by atoms with Crippen LogP contribution >= 0.6 is 0 Å². The van der Waals surface area contributed by atoms with E-state index in [1.807, 2.05) is 0 Å². The van der Waals surface area contributed by atoms with E-state index in [-0.39, 0.29) is 5.75 Å². The summed E-state index contributed by atoms with van der Waals surface area (Å²) >= 11 is -1.57. The van der Waals surface area contributed by atoms with Crippen molar-refractivity contribution in [1.82, 2.24) is 4.72 Å². The maximum atomic E-state index is 12.7. The Balaban J connectivity index is 2.96. The number of hydrogen-bond acceptors (Lipinski definition) is 3. The molecular weight excluding hydrogens is 322 g/mol. The van der Waals surface area contributed by atoms with Gasteiger partial charge in [-0.15, -0.1) is 4.72 Å². The first kappa shape index (κ1) is 19.1. The van der Waals surface area contributed by atoms with E-state index in [1.54, 1.807) is 20.8 Å². The van der Waals surface area contributed by atoms with Crippen LogP contribution in [0.3, 0.4) is 0 Å². The Morgan fingerprint density at radius 2 is 1.86 bits per heavy atom. The van der Waals surface area contributed by atoms with Crippen LogP contribution in [0.25, 0.3) is 0 Å². The van der Waals surface area contributed by atoms with E-state index in [4.69, 9.17) is 0 Å². The Morgan fingerprint density at radius 1 is 1.23 bits per heavy atom. The topological polar surface area (TPSA) is 44.3 Å². The van der Waals surface area contributed by atoms with Crippen LogP contribution in [0.4, 0.5) is 17.6 Å². The number of benzene rings is 1. The Bertz CT molecular complexity index is 468. The fourth-order valence-corrected chi connectivity index (χ4v) is 2.49. The van der Waals surface area contributed by atoms with Gasteiger partial charge in [-0.2, -0.15) is 8.78 Å². The maximum absolute atomic E-state index is 12.7. The minimum absolute atomic E-state index is 0.130. The van der Waals surface area contributed by atoms with Crippen molar-refractivity contribution < 1.29 is 26.9 Å². The first-order valence-electron chi connectivity index (χ1n) is 6.60. The van der Waals surface area contributed by atoms with Gasteiger partial charge >= 0.3 is 6.61 Å². The number of hydrogen-bond donors (Lipinski definition) is 1. The number of halogens is 4. The quantitative estimate of drug-likeness (QED) is 0.601. The van der Waals surface area contributed by atoms with Crippen molar-refractivity contribution in [2.45, 2.75) is 51.0 Å². The van der Waals surface area contributed by atoms with Gasteiger partial charge in [0.15, 0.2) is 0 Å². The molecule has 0 saturated heterocycles. The number of rotatable bonds is 7. The molecule has 0 spiro atoms. The first-order valence-corrected chi connectivity index (χ1v) is 7.75. The highest BCUT2D eigenvalue weighted by molar-refractivity contribution is 7.90. The predicted octanol–water partition coefficient (Wildman–Crippen LogP) is 4.04. The molecular formula is C14H19F4NO2S. The molecule has 1 aromatic carbocycles. The molecule has 0 radical (unpaired) electrons. The molecule has 22 heavy (non-hydrogen) atoms. The first-order chi connectivity index (χ1) is 10.1. The van der Waals surface area contributed by atoms with Crippen LogP contribution in [0.5, 0.6) is 5.75 Å². The predicted molar refractivity (Wildman–Crippen MR) is 77.5 cm³/mol. The van der Waals surface area contributed by atoms with Crippen LogP contribution in [-0.4, -0.2) is 22.3 Å². The zero-order chi connectivity index (χ0) is 16.9. The molecule has 0 aliphatic rings. The second-order valence-electron chi connectivity index (χ2n) is 5.63. The highest BCUT2D eigenvalue weighted by Crippen LogP contribution is 2.27. The normalized spacial score (nSPS) is 15.2. The van der Waals surface area contributed by atoms with E-state index < -0.39 is 41.6 Å². The minimum Gasteiger partial charge on any atom is -0.598 e. The lowest BCUT2D eigenvalue weighted by atomic mass is 10.0. The second kappa shape index (κ2) is 8.03. The molecule has 3 nitrogen and oxygen atoms in total. The SMILES string of the molecule is CC(C)(C)[S@+]([O-])NC(CC(F)F)c1cccc(OC(F)F)c1. The van der Waals surface area contributed by atoms with E-state index in [0.717, 1.165) is 0 Å². The van der Waals surface area contributed by atoms with E-state index >= 15 is 0 Å². The molecule has 0 bridgehead atoms. The molecule has 2 atom stereocenters. The molecule has 8 heteroatoms. The zero-order valence-corrected chi connectivity index (χ0v) is 13.3. The van der Waals surface area contributed by atoms with E-state index in [0.29, 0.717) is 5.56 Å². The van der Waals surface area contributed by atoms with Crippen molar-refractivity contribution in [3.8, 4) is 5.75 Å². The molecule has 126 valence electrons. The molecule has 0 aromatic heterocycles. The van der Waals surface area contributed by atoms with Crippen LogP contribution in [0.15, 0.2) is 24.3 Å². The molecule has 0 aliphatic heterocycles. The molecule has 1 rings (SSSR count). The zero-order valence-electron chi connectivity index (χ0n) is 12.5. The second-order valence-corrected chi connectivity index (χ2v) is 7.63. The van der Waals surface area contributed by atoms with Crippen molar-refractivity contribution in [3.63, 3.8) is 0 Å². The van der Waals surface area contributed by atoms with Crippen LogP contribution in [0.2, 0.25) is 0 Å². The standard InChI is InChI=1S/C14H19F4NO2S/c1-14(2,3)22(20)19-11(8-12(15)16)9-5-4-6-10(7-9)21-13(17)18/h4-7,11-13,19H,8H2,1-3H3/t11?,22-/m0/s1. The van der Waals surface area contributed by atoms with Gasteiger partial charge in [0.1, 0.15) is 10.5 Å². The third-order valence-corrected chi connectivity index (χ3v) is 4.32. The molecule has 0 heterocycles. The summed E-state index contributed by atoms with van der Waals surface area (Å²) in [6.45, 7) is 2.10. The van der Waals surface area contributed by atoms with Gasteiger partial charge in [0.25, 0.3) is 0 Å². The monoisotopic (exact) mass is 341 g/mol. The van der Waals surface area contributed by atoms with E-state index in [2.05, 4.69) is 9.46 Å². The highest BCUT2D eigenvalue weighted by atomic mass is 32.2. The molecule has 0 saturated carbocycles. The Kier molecular flexibility index (Phi) is 6.96. The largest absolute Gasteiger partial charge is 0.598 e. The van der Waals surface area contributed by atoms with Crippen LogP contribution in [0.1, 0.15) is 38.8 Å². The van der Waals surface area contributed by atoms with E-state index in [1.165, 1.54) is 24.3 Å². The molecule has 0 aliphatic carbocycles. The van der Waals surface area contributed by atoms with Crippen molar-refractivity contribution >= 4 is 11.4 Å². The van der Waals surface area contributed by atoms with Gasteiger partial charge in [0, 0.05) is 17.8 Å². The lowest BCUT2D eigenvalue weighted by molar-refractivity contribution is -0.0499. The van der Waals surface area contributed by atoms with Crippen molar-refractivity contribution in [2.24, 2.45) is 0 Å².